The van der Waals surface area contributed by atoms with Crippen LogP contribution in [0.15, 0.2) is 81.0 Å². The highest BCUT2D eigenvalue weighted by Gasteiger charge is 2.56. The third-order valence-electron chi connectivity index (χ3n) is 6.69. The summed E-state index contributed by atoms with van der Waals surface area (Å²) in [6.45, 7) is 2.33. The van der Waals surface area contributed by atoms with Crippen LogP contribution in [0.2, 0.25) is 0 Å². The van der Waals surface area contributed by atoms with E-state index in [1.54, 1.807) is 0 Å². The number of nitrogens with one attached hydrogen (secondary N) is 1. The van der Waals surface area contributed by atoms with Gasteiger partial charge in [-0.15, -0.1) is 0 Å². The summed E-state index contributed by atoms with van der Waals surface area (Å²) < 4.78 is 20.6. The standard InChI is InChI=1S/C28H20BrFN2O4S2/c1-14-3-2-4-15(11-14)13-36-20-10-5-16(29)12-19(20)21-22-24(37-25-23(21)38-28(35)31-25)27(34)32(26(22)33)18-8-6-17(30)7-9-18/h2-12,21-22,24H,13H2,1H3,(H,31,35). The molecule has 0 bridgehead atoms. The fourth-order valence-electron chi connectivity index (χ4n) is 5.05. The number of anilines is 1. The van der Waals surface area contributed by atoms with Crippen molar-refractivity contribution in [3.05, 3.63) is 108 Å². The maximum absolute atomic E-state index is 13.9. The zero-order chi connectivity index (χ0) is 26.6. The Morgan fingerprint density at radius 2 is 1.82 bits per heavy atom. The predicted octanol–water partition coefficient (Wildman–Crippen LogP) is 6.02. The molecule has 0 radical (unpaired) electrons. The number of H-pyrrole nitrogens is 1. The van der Waals surface area contributed by atoms with Gasteiger partial charge in [-0.1, -0.05) is 68.9 Å². The molecule has 2 amide bonds. The van der Waals surface area contributed by atoms with Gasteiger partial charge < -0.3 is 9.72 Å². The minimum absolute atomic E-state index is 0.250. The van der Waals surface area contributed by atoms with Crippen molar-refractivity contribution in [2.24, 2.45) is 5.92 Å². The molecule has 1 N–H and O–H groups in total. The highest BCUT2D eigenvalue weighted by molar-refractivity contribution is 9.10. The van der Waals surface area contributed by atoms with E-state index in [9.17, 15) is 18.8 Å². The van der Waals surface area contributed by atoms with Crippen molar-refractivity contribution in [3.8, 4) is 5.75 Å². The van der Waals surface area contributed by atoms with E-state index in [4.69, 9.17) is 4.74 Å². The number of aromatic nitrogens is 1. The Morgan fingerprint density at radius 3 is 2.58 bits per heavy atom. The van der Waals surface area contributed by atoms with Crippen molar-refractivity contribution >= 4 is 56.5 Å². The third kappa shape index (κ3) is 4.40. The van der Waals surface area contributed by atoms with Crippen LogP contribution in [0.1, 0.15) is 27.5 Å². The van der Waals surface area contributed by atoms with Crippen LogP contribution in [0.3, 0.4) is 0 Å². The lowest BCUT2D eigenvalue weighted by Crippen LogP contribution is -2.32. The number of imide groups is 1. The number of hydrogen-bond acceptors (Lipinski definition) is 6. The number of rotatable bonds is 5. The highest BCUT2D eigenvalue weighted by Crippen LogP contribution is 2.54. The van der Waals surface area contributed by atoms with Gasteiger partial charge in [0.05, 0.1) is 16.6 Å². The minimum Gasteiger partial charge on any atom is -0.489 e. The lowest BCUT2D eigenvalue weighted by atomic mass is 9.82. The van der Waals surface area contributed by atoms with E-state index in [2.05, 4.69) is 20.9 Å². The number of thioether (sulfide) groups is 1. The Hall–Kier alpha value is -3.21. The number of hydrogen-bond donors (Lipinski definition) is 1. The van der Waals surface area contributed by atoms with Gasteiger partial charge in [-0.2, -0.15) is 0 Å². The summed E-state index contributed by atoms with van der Waals surface area (Å²) in [6, 6.07) is 18.9. The highest BCUT2D eigenvalue weighted by atomic mass is 79.9. The molecule has 3 heterocycles. The Bertz CT molecular complexity index is 1630. The van der Waals surface area contributed by atoms with E-state index in [0.717, 1.165) is 31.8 Å². The summed E-state index contributed by atoms with van der Waals surface area (Å²) in [4.78, 5) is 44.3. The van der Waals surface area contributed by atoms with Crippen LogP contribution in [0.5, 0.6) is 5.75 Å². The molecule has 6 rings (SSSR count). The zero-order valence-corrected chi connectivity index (χ0v) is 23.2. The molecule has 1 saturated heterocycles. The average molecular weight is 612 g/mol. The number of benzene rings is 3. The Morgan fingerprint density at radius 1 is 1.03 bits per heavy atom. The minimum atomic E-state index is -0.771. The van der Waals surface area contributed by atoms with Crippen LogP contribution in [-0.2, 0) is 16.2 Å². The zero-order valence-electron chi connectivity index (χ0n) is 19.9. The maximum atomic E-state index is 13.9. The quantitative estimate of drug-likeness (QED) is 0.279. The average Bonchev–Trinajstić information content (AvgIpc) is 3.38. The summed E-state index contributed by atoms with van der Waals surface area (Å²) in [6.07, 6.45) is 0. The van der Waals surface area contributed by atoms with Gasteiger partial charge in [0.1, 0.15) is 23.4 Å². The van der Waals surface area contributed by atoms with Gasteiger partial charge in [-0.3, -0.25) is 14.4 Å². The van der Waals surface area contributed by atoms with E-state index in [1.807, 2.05) is 49.4 Å². The van der Waals surface area contributed by atoms with Crippen LogP contribution < -0.4 is 14.5 Å². The van der Waals surface area contributed by atoms with E-state index >= 15 is 0 Å². The van der Waals surface area contributed by atoms with Crippen LogP contribution in [0.25, 0.3) is 0 Å². The number of carbonyl (C=O) groups excluding carboxylic acids is 2. The van der Waals surface area contributed by atoms with Gasteiger partial charge in [-0.05, 0) is 55.0 Å². The number of nitrogens with zero attached hydrogens (tertiary/aromatic N) is 1. The number of halogens is 2. The van der Waals surface area contributed by atoms with Crippen molar-refractivity contribution in [1.82, 2.24) is 4.98 Å². The van der Waals surface area contributed by atoms with Crippen molar-refractivity contribution in [2.75, 3.05) is 4.90 Å². The molecule has 4 aromatic rings. The molecular weight excluding hydrogens is 591 g/mol. The molecule has 0 aliphatic carbocycles. The van der Waals surface area contributed by atoms with E-state index < -0.39 is 28.8 Å². The molecule has 6 nitrogen and oxygen atoms in total. The SMILES string of the molecule is Cc1cccc(COc2ccc(Br)cc2C2c3sc(=O)[nH]c3SC3C(=O)N(c4ccc(F)cc4)C(=O)C32)c1. The fourth-order valence-corrected chi connectivity index (χ4v) is 7.94. The second-order valence-corrected chi connectivity index (χ2v) is 12.3. The second kappa shape index (κ2) is 9.83. The monoisotopic (exact) mass is 610 g/mol. The van der Waals surface area contributed by atoms with Gasteiger partial charge in [0.2, 0.25) is 11.8 Å². The van der Waals surface area contributed by atoms with E-state index in [-0.39, 0.29) is 10.8 Å². The topological polar surface area (TPSA) is 79.5 Å². The number of aromatic amines is 1. The normalized spacial score (nSPS) is 20.4. The Balaban J connectivity index is 1.45. The van der Waals surface area contributed by atoms with Gasteiger partial charge in [0, 0.05) is 20.8 Å². The van der Waals surface area contributed by atoms with Crippen molar-refractivity contribution in [2.45, 2.75) is 29.7 Å². The molecule has 3 atom stereocenters. The summed E-state index contributed by atoms with van der Waals surface area (Å²) in [7, 11) is 0. The molecule has 0 saturated carbocycles. The predicted molar refractivity (Wildman–Crippen MR) is 148 cm³/mol. The van der Waals surface area contributed by atoms with Crippen LogP contribution >= 0.6 is 39.0 Å². The third-order valence-corrected chi connectivity index (χ3v) is 9.59. The first-order chi connectivity index (χ1) is 18.3. The molecule has 2 aliphatic rings. The number of fused-ring (bicyclic) bond motifs is 2. The molecule has 1 fully saturated rings. The summed E-state index contributed by atoms with van der Waals surface area (Å²) in [5.74, 6) is -2.03. The van der Waals surface area contributed by atoms with Crippen molar-refractivity contribution in [1.29, 1.82) is 0 Å². The fraction of sp³-hybridized carbons (Fsp3) is 0.179. The van der Waals surface area contributed by atoms with Gasteiger partial charge >= 0.3 is 4.87 Å². The first kappa shape index (κ1) is 25.1. The smallest absolute Gasteiger partial charge is 0.305 e. The van der Waals surface area contributed by atoms with Gasteiger partial charge in [0.25, 0.3) is 0 Å². The van der Waals surface area contributed by atoms with E-state index in [0.29, 0.717) is 33.5 Å². The van der Waals surface area contributed by atoms with Crippen molar-refractivity contribution in [3.63, 3.8) is 0 Å². The van der Waals surface area contributed by atoms with Crippen LogP contribution in [0.4, 0.5) is 10.1 Å². The number of carbonyl (C=O) groups is 2. The molecule has 3 unspecified atom stereocenters. The van der Waals surface area contributed by atoms with Crippen LogP contribution in [-0.4, -0.2) is 22.0 Å². The summed E-state index contributed by atoms with van der Waals surface area (Å²) in [5, 5.41) is -0.170. The Kier molecular flexibility index (Phi) is 6.49. The first-order valence-corrected chi connectivity index (χ1v) is 14.3. The largest absolute Gasteiger partial charge is 0.489 e. The molecular formula is C28H20BrFN2O4S2. The molecule has 38 heavy (non-hydrogen) atoms. The number of thiazole rings is 1. The molecule has 0 spiro atoms. The van der Waals surface area contributed by atoms with Gasteiger partial charge in [-0.25, -0.2) is 9.29 Å². The van der Waals surface area contributed by atoms with E-state index in [1.165, 1.54) is 36.0 Å². The summed E-state index contributed by atoms with van der Waals surface area (Å²) in [5.41, 5.74) is 3.14. The number of ether oxygens (including phenoxy) is 1. The Labute approximate surface area is 234 Å². The van der Waals surface area contributed by atoms with Gasteiger partial charge in [0.15, 0.2) is 0 Å². The molecule has 192 valence electrons. The number of aryl methyl sites for hydroxylation is 1. The maximum Gasteiger partial charge on any atom is 0.305 e. The van der Waals surface area contributed by atoms with Crippen LogP contribution in [0, 0.1) is 18.7 Å². The van der Waals surface area contributed by atoms with Crippen molar-refractivity contribution < 1.29 is 18.7 Å². The second-order valence-electron chi connectivity index (χ2n) is 9.20. The number of amides is 2. The first-order valence-electron chi connectivity index (χ1n) is 11.8. The summed E-state index contributed by atoms with van der Waals surface area (Å²) >= 11 is 5.78. The molecule has 10 heteroatoms. The molecule has 3 aromatic carbocycles. The molecule has 1 aromatic heterocycles. The lowest BCUT2D eigenvalue weighted by molar-refractivity contribution is -0.122. The lowest BCUT2D eigenvalue weighted by Gasteiger charge is -2.31. The molecule has 2 aliphatic heterocycles.